The molecular formula is C27H35N5O4S. The number of aromatic nitrogens is 3. The maximum Gasteiger partial charge on any atom is 0.410 e. The molecule has 2 fully saturated rings. The number of nitrogens with zero attached hydrogens (tertiary/aromatic N) is 5. The molecule has 1 aliphatic heterocycles. The van der Waals surface area contributed by atoms with E-state index in [-0.39, 0.29) is 29.0 Å². The van der Waals surface area contributed by atoms with E-state index in [1.807, 2.05) is 41.5 Å². The number of rotatable bonds is 4. The van der Waals surface area contributed by atoms with Gasteiger partial charge in [-0.15, -0.1) is 0 Å². The Hall–Kier alpha value is -3.14. The molecule has 0 N–H and O–H groups in total. The summed E-state index contributed by atoms with van der Waals surface area (Å²) in [7, 11) is -3.84. The highest BCUT2D eigenvalue weighted by Crippen LogP contribution is 2.46. The zero-order valence-electron chi connectivity index (χ0n) is 22.3. The second-order valence-corrected chi connectivity index (χ2v) is 13.2. The van der Waals surface area contributed by atoms with Gasteiger partial charge in [0.15, 0.2) is 5.65 Å². The Morgan fingerprint density at radius 1 is 1.03 bits per heavy atom. The van der Waals surface area contributed by atoms with Gasteiger partial charge in [-0.1, -0.05) is 17.7 Å². The van der Waals surface area contributed by atoms with Crippen LogP contribution in [-0.2, 0) is 14.8 Å². The lowest BCUT2D eigenvalue weighted by molar-refractivity contribution is 0.0130. The molecule has 3 aromatic rings. The molecule has 1 aromatic carbocycles. The third kappa shape index (κ3) is 4.79. The van der Waals surface area contributed by atoms with Crippen molar-refractivity contribution in [2.24, 2.45) is 0 Å². The highest BCUT2D eigenvalue weighted by atomic mass is 32.2. The average Bonchev–Trinajstić information content (AvgIpc) is 3.58. The Morgan fingerprint density at radius 3 is 2.32 bits per heavy atom. The lowest BCUT2D eigenvalue weighted by Crippen LogP contribution is -2.59. The Labute approximate surface area is 218 Å². The van der Waals surface area contributed by atoms with Gasteiger partial charge < -0.3 is 14.5 Å². The summed E-state index contributed by atoms with van der Waals surface area (Å²) in [5, 5.41) is 0.783. The average molecular weight is 526 g/mol. The highest BCUT2D eigenvalue weighted by Gasteiger charge is 2.38. The van der Waals surface area contributed by atoms with Gasteiger partial charge in [0.1, 0.15) is 17.7 Å². The van der Waals surface area contributed by atoms with Crippen molar-refractivity contribution >= 4 is 33.0 Å². The minimum absolute atomic E-state index is 0.0501. The largest absolute Gasteiger partial charge is 0.444 e. The summed E-state index contributed by atoms with van der Waals surface area (Å²) in [4.78, 5) is 26.1. The molecule has 3 heterocycles. The van der Waals surface area contributed by atoms with E-state index in [1.54, 1.807) is 35.4 Å². The van der Waals surface area contributed by atoms with E-state index in [1.165, 1.54) is 10.3 Å². The van der Waals surface area contributed by atoms with E-state index in [9.17, 15) is 13.2 Å². The Kier molecular flexibility index (Phi) is 6.21. The Balaban J connectivity index is 1.55. The highest BCUT2D eigenvalue weighted by molar-refractivity contribution is 7.90. The Morgan fingerprint density at radius 2 is 1.70 bits per heavy atom. The molecule has 0 spiro atoms. The van der Waals surface area contributed by atoms with Crippen molar-refractivity contribution in [3.05, 3.63) is 47.9 Å². The number of benzene rings is 1. The zero-order chi connectivity index (χ0) is 26.7. The van der Waals surface area contributed by atoms with Crippen molar-refractivity contribution in [3.8, 4) is 0 Å². The number of aryl methyl sites for hydroxylation is 1. The summed E-state index contributed by atoms with van der Waals surface area (Å²) in [6, 6.07) is 6.70. The number of fused-ring (bicyclic) bond motifs is 1. The van der Waals surface area contributed by atoms with E-state index < -0.39 is 15.6 Å². The fraction of sp³-hybridized carbons (Fsp3) is 0.519. The van der Waals surface area contributed by atoms with Gasteiger partial charge in [0, 0.05) is 31.4 Å². The third-order valence-electron chi connectivity index (χ3n) is 7.04. The van der Waals surface area contributed by atoms with Crippen LogP contribution in [0.1, 0.15) is 64.5 Å². The van der Waals surface area contributed by atoms with E-state index in [2.05, 4.69) is 14.9 Å². The number of ether oxygens (including phenoxy) is 1. The molecule has 10 heteroatoms. The van der Waals surface area contributed by atoms with Crippen molar-refractivity contribution in [1.82, 2.24) is 18.8 Å². The minimum atomic E-state index is -3.84. The molecule has 1 amide bonds. The Bertz CT molecular complexity index is 1440. The second-order valence-electron chi connectivity index (χ2n) is 11.4. The third-order valence-corrected chi connectivity index (χ3v) is 8.71. The smallest absolute Gasteiger partial charge is 0.410 e. The van der Waals surface area contributed by atoms with Crippen LogP contribution in [0.5, 0.6) is 0 Å². The summed E-state index contributed by atoms with van der Waals surface area (Å²) in [5.41, 5.74) is 1.78. The first-order valence-corrected chi connectivity index (χ1v) is 14.3. The van der Waals surface area contributed by atoms with Gasteiger partial charge in [-0.05, 0) is 78.0 Å². The summed E-state index contributed by atoms with van der Waals surface area (Å²) in [6.07, 6.45) is 4.87. The topological polar surface area (TPSA) is 97.6 Å². The van der Waals surface area contributed by atoms with Crippen LogP contribution in [0.15, 0.2) is 41.7 Å². The molecule has 1 saturated carbocycles. The number of anilines is 1. The van der Waals surface area contributed by atoms with Crippen molar-refractivity contribution in [2.45, 2.75) is 82.9 Å². The fourth-order valence-electron chi connectivity index (χ4n) is 4.97. The van der Waals surface area contributed by atoms with Crippen LogP contribution in [-0.4, -0.2) is 64.1 Å². The van der Waals surface area contributed by atoms with Crippen LogP contribution >= 0.6 is 0 Å². The SMILES string of the molecule is Cc1ccc(S(=O)(=O)n2cc(C3CC3)c3c(N4C[C@@H](C)N(C(=O)OC(C)(C)C)C[C@@H]4C)ncnc32)cc1. The monoisotopic (exact) mass is 525 g/mol. The molecule has 5 rings (SSSR count). The quantitative estimate of drug-likeness (QED) is 0.487. The molecule has 2 aromatic heterocycles. The molecule has 1 aliphatic carbocycles. The molecule has 0 unspecified atom stereocenters. The molecule has 0 radical (unpaired) electrons. The summed E-state index contributed by atoms with van der Waals surface area (Å²) < 4.78 is 34.3. The number of hydrogen-bond donors (Lipinski definition) is 0. The van der Waals surface area contributed by atoms with Crippen LogP contribution < -0.4 is 4.90 Å². The van der Waals surface area contributed by atoms with E-state index in [0.29, 0.717) is 24.6 Å². The van der Waals surface area contributed by atoms with Crippen LogP contribution in [0.25, 0.3) is 11.0 Å². The molecule has 1 saturated heterocycles. The summed E-state index contributed by atoms with van der Waals surface area (Å²) in [6.45, 7) is 12.6. The summed E-state index contributed by atoms with van der Waals surface area (Å²) >= 11 is 0. The van der Waals surface area contributed by atoms with E-state index in [0.717, 1.165) is 29.4 Å². The standard InChI is InChI=1S/C27H35N5O4S/c1-17-7-11-21(12-8-17)37(34,35)32-15-22(20-9-10-20)23-24(28-16-29-25(23)32)30-13-19(3)31(14-18(30)2)26(33)36-27(4,5)6/h7-8,11-12,15-16,18-20H,9-10,13-14H2,1-6H3/t18-,19+/m0/s1. The van der Waals surface area contributed by atoms with E-state index in [4.69, 9.17) is 4.74 Å². The molecule has 2 atom stereocenters. The first-order valence-electron chi connectivity index (χ1n) is 12.8. The fourth-order valence-corrected chi connectivity index (χ4v) is 6.30. The predicted molar refractivity (Wildman–Crippen MR) is 142 cm³/mol. The van der Waals surface area contributed by atoms with Crippen molar-refractivity contribution in [3.63, 3.8) is 0 Å². The van der Waals surface area contributed by atoms with Gasteiger partial charge >= 0.3 is 6.09 Å². The van der Waals surface area contributed by atoms with Gasteiger partial charge in [-0.3, -0.25) is 0 Å². The maximum atomic E-state index is 13.7. The van der Waals surface area contributed by atoms with Crippen LogP contribution in [0.4, 0.5) is 10.6 Å². The number of carbonyl (C=O) groups is 1. The van der Waals surface area contributed by atoms with Gasteiger partial charge in [-0.25, -0.2) is 27.2 Å². The number of hydrogen-bond acceptors (Lipinski definition) is 7. The number of piperazine rings is 1. The van der Waals surface area contributed by atoms with Crippen LogP contribution in [0, 0.1) is 6.92 Å². The molecule has 0 bridgehead atoms. The lowest BCUT2D eigenvalue weighted by atomic mass is 10.1. The lowest BCUT2D eigenvalue weighted by Gasteiger charge is -2.44. The molecule has 37 heavy (non-hydrogen) atoms. The second kappa shape index (κ2) is 9.01. The molecule has 9 nitrogen and oxygen atoms in total. The normalized spacial score (nSPS) is 20.9. The molecular weight excluding hydrogens is 490 g/mol. The van der Waals surface area contributed by atoms with Gasteiger partial charge in [0.2, 0.25) is 0 Å². The van der Waals surface area contributed by atoms with Gasteiger partial charge in [0.05, 0.1) is 10.3 Å². The van der Waals surface area contributed by atoms with Crippen molar-refractivity contribution in [2.75, 3.05) is 18.0 Å². The van der Waals surface area contributed by atoms with Crippen LogP contribution in [0.2, 0.25) is 0 Å². The zero-order valence-corrected chi connectivity index (χ0v) is 23.1. The van der Waals surface area contributed by atoms with Gasteiger partial charge in [-0.2, -0.15) is 0 Å². The first-order chi connectivity index (χ1) is 17.4. The number of carbonyl (C=O) groups excluding carboxylic acids is 1. The molecule has 198 valence electrons. The first kappa shape index (κ1) is 25.5. The van der Waals surface area contributed by atoms with Crippen molar-refractivity contribution in [1.29, 1.82) is 0 Å². The van der Waals surface area contributed by atoms with Gasteiger partial charge in [0.25, 0.3) is 10.0 Å². The maximum absolute atomic E-state index is 13.7. The minimum Gasteiger partial charge on any atom is -0.444 e. The van der Waals surface area contributed by atoms with Crippen molar-refractivity contribution < 1.29 is 17.9 Å². The van der Waals surface area contributed by atoms with Crippen LogP contribution in [0.3, 0.4) is 0 Å². The van der Waals surface area contributed by atoms with E-state index >= 15 is 0 Å². The molecule has 2 aliphatic rings. The summed E-state index contributed by atoms with van der Waals surface area (Å²) in [5.74, 6) is 1.01. The predicted octanol–water partition coefficient (Wildman–Crippen LogP) is 4.69. The number of amides is 1.